The number of hydrogen-bond donors (Lipinski definition) is 1. The van der Waals surface area contributed by atoms with Crippen LogP contribution in [0.15, 0.2) is 35.5 Å². The Morgan fingerprint density at radius 1 is 1.35 bits per heavy atom. The lowest BCUT2D eigenvalue weighted by Gasteiger charge is -2.05. The van der Waals surface area contributed by atoms with Crippen molar-refractivity contribution in [2.75, 3.05) is 12.3 Å². The van der Waals surface area contributed by atoms with Gasteiger partial charge in [-0.2, -0.15) is 4.68 Å². The summed E-state index contributed by atoms with van der Waals surface area (Å²) < 4.78 is 1.63. The normalized spacial score (nSPS) is 10.4. The second kappa shape index (κ2) is 7.64. The van der Waals surface area contributed by atoms with Gasteiger partial charge >= 0.3 is 0 Å². The quantitative estimate of drug-likeness (QED) is 0.620. The number of hydrogen-bond acceptors (Lipinski definition) is 5. The third-order valence-corrected chi connectivity index (χ3v) is 3.55. The first-order chi connectivity index (χ1) is 9.81. The minimum Gasteiger partial charge on any atom is -0.355 e. The fourth-order valence-electron chi connectivity index (χ4n) is 1.59. The Morgan fingerprint density at radius 3 is 2.90 bits per heavy atom. The molecule has 1 aromatic heterocycles. The van der Waals surface area contributed by atoms with Crippen LogP contribution in [0.3, 0.4) is 0 Å². The van der Waals surface area contributed by atoms with Gasteiger partial charge in [0.15, 0.2) is 0 Å². The van der Waals surface area contributed by atoms with E-state index in [4.69, 9.17) is 0 Å². The molecule has 1 N–H and O–H groups in total. The van der Waals surface area contributed by atoms with Gasteiger partial charge in [-0.3, -0.25) is 4.79 Å². The van der Waals surface area contributed by atoms with Gasteiger partial charge in [0.25, 0.3) is 0 Å². The van der Waals surface area contributed by atoms with Crippen molar-refractivity contribution in [2.24, 2.45) is 0 Å². The van der Waals surface area contributed by atoms with E-state index in [0.29, 0.717) is 10.9 Å². The van der Waals surface area contributed by atoms with Crippen LogP contribution < -0.4 is 5.32 Å². The van der Waals surface area contributed by atoms with Gasteiger partial charge < -0.3 is 5.32 Å². The maximum Gasteiger partial charge on any atom is 0.230 e. The Bertz CT molecular complexity index is 543. The smallest absolute Gasteiger partial charge is 0.230 e. The number of benzene rings is 1. The number of para-hydroxylation sites is 1. The average molecular weight is 291 g/mol. The van der Waals surface area contributed by atoms with Gasteiger partial charge in [0.1, 0.15) is 0 Å². The van der Waals surface area contributed by atoms with Crippen molar-refractivity contribution in [3.8, 4) is 5.69 Å². The van der Waals surface area contributed by atoms with Crippen LogP contribution >= 0.6 is 11.8 Å². The van der Waals surface area contributed by atoms with Crippen molar-refractivity contribution in [3.63, 3.8) is 0 Å². The van der Waals surface area contributed by atoms with Gasteiger partial charge in [-0.1, -0.05) is 43.3 Å². The zero-order valence-corrected chi connectivity index (χ0v) is 12.1. The zero-order chi connectivity index (χ0) is 14.2. The fourth-order valence-corrected chi connectivity index (χ4v) is 2.31. The fraction of sp³-hybridized carbons (Fsp3) is 0.385. The summed E-state index contributed by atoms with van der Waals surface area (Å²) in [6, 6.07) is 9.61. The van der Waals surface area contributed by atoms with Crippen molar-refractivity contribution in [1.82, 2.24) is 25.5 Å². The number of nitrogens with zero attached hydrogens (tertiary/aromatic N) is 4. The van der Waals surface area contributed by atoms with Crippen LogP contribution in [-0.2, 0) is 4.79 Å². The molecule has 7 heteroatoms. The highest BCUT2D eigenvalue weighted by molar-refractivity contribution is 7.99. The molecule has 0 fully saturated rings. The Labute approximate surface area is 121 Å². The number of rotatable bonds is 7. The standard InChI is InChI=1S/C13H17N5OS/c1-2-3-9-14-12(19)10-20-13-15-16-17-18(13)11-7-5-4-6-8-11/h4-8H,2-3,9-10H2,1H3,(H,14,19). The summed E-state index contributed by atoms with van der Waals surface area (Å²) >= 11 is 1.33. The largest absolute Gasteiger partial charge is 0.355 e. The first kappa shape index (κ1) is 14.5. The first-order valence-corrected chi connectivity index (χ1v) is 7.53. The lowest BCUT2D eigenvalue weighted by molar-refractivity contribution is -0.118. The number of tetrazole rings is 1. The SMILES string of the molecule is CCCCNC(=O)CSc1nnnn1-c1ccccc1. The van der Waals surface area contributed by atoms with Crippen molar-refractivity contribution in [2.45, 2.75) is 24.9 Å². The van der Waals surface area contributed by atoms with E-state index in [2.05, 4.69) is 27.8 Å². The molecule has 0 atom stereocenters. The van der Waals surface area contributed by atoms with E-state index in [1.807, 2.05) is 30.3 Å². The molecule has 1 heterocycles. The highest BCUT2D eigenvalue weighted by Crippen LogP contribution is 2.17. The summed E-state index contributed by atoms with van der Waals surface area (Å²) in [7, 11) is 0. The van der Waals surface area contributed by atoms with Gasteiger partial charge in [-0.25, -0.2) is 0 Å². The maximum atomic E-state index is 11.7. The Hall–Kier alpha value is -1.89. The van der Waals surface area contributed by atoms with Gasteiger partial charge in [0.05, 0.1) is 11.4 Å². The molecule has 2 rings (SSSR count). The molecule has 106 valence electrons. The molecule has 1 amide bonds. The van der Waals surface area contributed by atoms with E-state index in [-0.39, 0.29) is 5.91 Å². The summed E-state index contributed by atoms with van der Waals surface area (Å²) in [6.07, 6.45) is 2.07. The van der Waals surface area contributed by atoms with Gasteiger partial charge in [0.2, 0.25) is 11.1 Å². The van der Waals surface area contributed by atoms with Gasteiger partial charge in [-0.05, 0) is 29.0 Å². The number of nitrogens with one attached hydrogen (secondary N) is 1. The summed E-state index contributed by atoms with van der Waals surface area (Å²) in [5, 5.41) is 15.0. The van der Waals surface area contributed by atoms with Crippen molar-refractivity contribution < 1.29 is 4.79 Å². The Balaban J connectivity index is 1.91. The van der Waals surface area contributed by atoms with E-state index in [1.54, 1.807) is 4.68 Å². The second-order valence-corrected chi connectivity index (χ2v) is 5.14. The minimum absolute atomic E-state index is 0.00561. The third-order valence-electron chi connectivity index (χ3n) is 2.63. The van der Waals surface area contributed by atoms with Crippen LogP contribution in [0.4, 0.5) is 0 Å². The van der Waals surface area contributed by atoms with E-state index in [1.165, 1.54) is 11.8 Å². The van der Waals surface area contributed by atoms with Crippen molar-refractivity contribution in [1.29, 1.82) is 0 Å². The van der Waals surface area contributed by atoms with Crippen LogP contribution in [0.2, 0.25) is 0 Å². The monoisotopic (exact) mass is 291 g/mol. The Morgan fingerprint density at radius 2 is 2.15 bits per heavy atom. The lowest BCUT2D eigenvalue weighted by Crippen LogP contribution is -2.26. The molecule has 0 unspecified atom stereocenters. The van der Waals surface area contributed by atoms with Crippen molar-refractivity contribution >= 4 is 17.7 Å². The van der Waals surface area contributed by atoms with E-state index < -0.39 is 0 Å². The summed E-state index contributed by atoms with van der Waals surface area (Å²) in [5.74, 6) is 0.322. The van der Waals surface area contributed by atoms with Crippen LogP contribution in [0.5, 0.6) is 0 Å². The highest BCUT2D eigenvalue weighted by Gasteiger charge is 2.10. The third kappa shape index (κ3) is 4.06. The highest BCUT2D eigenvalue weighted by atomic mass is 32.2. The number of carbonyl (C=O) groups excluding carboxylic acids is 1. The van der Waals surface area contributed by atoms with Crippen LogP contribution in [0, 0.1) is 0 Å². The average Bonchev–Trinajstić information content (AvgIpc) is 2.95. The lowest BCUT2D eigenvalue weighted by atomic mass is 10.3. The van der Waals surface area contributed by atoms with Crippen molar-refractivity contribution in [3.05, 3.63) is 30.3 Å². The van der Waals surface area contributed by atoms with Gasteiger partial charge in [-0.15, -0.1) is 5.10 Å². The number of thioether (sulfide) groups is 1. The number of carbonyl (C=O) groups is 1. The number of aromatic nitrogens is 4. The second-order valence-electron chi connectivity index (χ2n) is 4.20. The molecule has 0 radical (unpaired) electrons. The molecule has 0 bridgehead atoms. The zero-order valence-electron chi connectivity index (χ0n) is 11.3. The number of unbranched alkanes of at least 4 members (excludes halogenated alkanes) is 1. The first-order valence-electron chi connectivity index (χ1n) is 6.54. The maximum absolute atomic E-state index is 11.7. The molecule has 20 heavy (non-hydrogen) atoms. The van der Waals surface area contributed by atoms with Crippen LogP contribution in [0.25, 0.3) is 5.69 Å². The molecule has 2 aromatic rings. The summed E-state index contributed by atoms with van der Waals surface area (Å²) in [6.45, 7) is 2.81. The van der Waals surface area contributed by atoms with Crippen LogP contribution in [0.1, 0.15) is 19.8 Å². The van der Waals surface area contributed by atoms with Crippen LogP contribution in [-0.4, -0.2) is 38.4 Å². The topological polar surface area (TPSA) is 72.7 Å². The summed E-state index contributed by atoms with van der Waals surface area (Å²) in [5.41, 5.74) is 0.881. The van der Waals surface area contributed by atoms with E-state index >= 15 is 0 Å². The molecular weight excluding hydrogens is 274 g/mol. The predicted molar refractivity (Wildman–Crippen MR) is 77.8 cm³/mol. The molecule has 0 aliphatic heterocycles. The molecule has 0 spiro atoms. The molecule has 6 nitrogen and oxygen atoms in total. The van der Waals surface area contributed by atoms with E-state index in [9.17, 15) is 4.79 Å². The molecular formula is C13H17N5OS. The molecule has 1 aromatic carbocycles. The summed E-state index contributed by atoms with van der Waals surface area (Å²) in [4.78, 5) is 11.7. The molecule has 0 saturated carbocycles. The molecule has 0 saturated heterocycles. The number of amides is 1. The van der Waals surface area contributed by atoms with E-state index in [0.717, 1.165) is 25.1 Å². The Kier molecular flexibility index (Phi) is 5.55. The van der Waals surface area contributed by atoms with Gasteiger partial charge in [0, 0.05) is 6.54 Å². The molecule has 0 aliphatic carbocycles. The predicted octanol–water partition coefficient (Wildman–Crippen LogP) is 1.67. The minimum atomic E-state index is 0.00561. The molecule has 0 aliphatic rings.